The maximum Gasteiger partial charge on any atom is 0.245 e. The Kier molecular flexibility index (Phi) is 6.53. The number of carbonyl (C=O) groups excluding carboxylic acids is 1. The van der Waals surface area contributed by atoms with E-state index >= 15 is 0 Å². The van der Waals surface area contributed by atoms with Crippen molar-refractivity contribution in [1.82, 2.24) is 4.57 Å². The van der Waals surface area contributed by atoms with Gasteiger partial charge in [-0.2, -0.15) is 0 Å². The highest BCUT2D eigenvalue weighted by atomic mass is 79.9. The molecule has 0 unspecified atom stereocenters. The Balaban J connectivity index is 0.00000267. The third-order valence-electron chi connectivity index (χ3n) is 6.32. The fraction of sp³-hybridized carbons (Fsp3) is 0.0667. The van der Waals surface area contributed by atoms with E-state index in [-0.39, 0.29) is 35.1 Å². The Morgan fingerprint density at radius 3 is 2.33 bits per heavy atom. The third kappa shape index (κ3) is 4.36. The molecule has 0 amide bonds. The third-order valence-corrected chi connectivity index (χ3v) is 6.32. The quantitative estimate of drug-likeness (QED) is 0.240. The van der Waals surface area contributed by atoms with E-state index in [0.29, 0.717) is 12.1 Å². The van der Waals surface area contributed by atoms with Crippen LogP contribution in [0, 0.1) is 5.82 Å². The Hall–Kier alpha value is -4.03. The smallest absolute Gasteiger partial charge is 0.245 e. The molecule has 0 aliphatic rings. The molecule has 0 saturated heterocycles. The van der Waals surface area contributed by atoms with Crippen molar-refractivity contribution in [3.8, 4) is 11.3 Å². The van der Waals surface area contributed by atoms with Gasteiger partial charge in [0.25, 0.3) is 0 Å². The molecule has 0 spiro atoms. The lowest BCUT2D eigenvalue weighted by atomic mass is 10.1. The van der Waals surface area contributed by atoms with Crippen molar-refractivity contribution in [1.29, 1.82) is 0 Å². The maximum atomic E-state index is 13.3. The highest BCUT2D eigenvalue weighted by molar-refractivity contribution is 5.96. The second-order valence-electron chi connectivity index (χ2n) is 8.56. The van der Waals surface area contributed by atoms with Gasteiger partial charge in [0, 0.05) is 22.1 Å². The number of hydrogen-bond donors (Lipinski definition) is 0. The molecule has 0 bridgehead atoms. The number of hydrogen-bond acceptors (Lipinski definition) is 2. The average molecular weight is 541 g/mol. The van der Waals surface area contributed by atoms with Crippen LogP contribution in [0.4, 0.5) is 4.39 Å². The second-order valence-corrected chi connectivity index (χ2v) is 8.56. The summed E-state index contributed by atoms with van der Waals surface area (Å²) in [4.78, 5) is 12.9. The van der Waals surface area contributed by atoms with Gasteiger partial charge in [-0.3, -0.25) is 4.79 Å². The lowest BCUT2D eigenvalue weighted by Crippen LogP contribution is -3.00. The number of benzene rings is 4. The first-order valence-electron chi connectivity index (χ1n) is 11.5. The number of Topliss-reactive ketones (excluding diaryl/α,β-unsaturated/α-hetero) is 1. The standard InChI is InChI=1S/C30H22FN2O2.BrH/c31-23-16-14-21(15-17-23)28(34)19-33-20-32(26-11-5-6-12-27(26)33)18-25-24-10-4-7-13-29(24)35-30(25)22-8-2-1-3-9-22;/h1-17,20H,18-19H2;1H/q+1;/p-1. The first kappa shape index (κ1) is 23.7. The number of nitrogens with zero attached hydrogens (tertiary/aromatic N) is 2. The van der Waals surface area contributed by atoms with Gasteiger partial charge in [0.1, 0.15) is 23.7 Å². The Morgan fingerprint density at radius 2 is 1.53 bits per heavy atom. The van der Waals surface area contributed by atoms with Crippen molar-refractivity contribution in [3.63, 3.8) is 0 Å². The predicted octanol–water partition coefficient (Wildman–Crippen LogP) is 3.42. The van der Waals surface area contributed by atoms with Crippen LogP contribution in [0.5, 0.6) is 0 Å². The number of para-hydroxylation sites is 3. The number of fused-ring (bicyclic) bond motifs is 2. The molecule has 2 aromatic heterocycles. The van der Waals surface area contributed by atoms with Gasteiger partial charge in [0.15, 0.2) is 17.6 Å². The zero-order valence-electron chi connectivity index (χ0n) is 19.3. The van der Waals surface area contributed by atoms with Crippen molar-refractivity contribution < 1.29 is 35.2 Å². The Labute approximate surface area is 218 Å². The van der Waals surface area contributed by atoms with Gasteiger partial charge < -0.3 is 21.4 Å². The van der Waals surface area contributed by atoms with Gasteiger partial charge in [0.2, 0.25) is 12.1 Å². The highest BCUT2D eigenvalue weighted by Crippen LogP contribution is 2.33. The van der Waals surface area contributed by atoms with Crippen LogP contribution < -0.4 is 21.5 Å². The topological polar surface area (TPSA) is 39.0 Å². The number of imidazole rings is 1. The van der Waals surface area contributed by atoms with E-state index in [4.69, 9.17) is 4.42 Å². The van der Waals surface area contributed by atoms with Crippen LogP contribution in [-0.2, 0) is 13.1 Å². The average Bonchev–Trinajstić information content (AvgIpc) is 3.44. The largest absolute Gasteiger partial charge is 1.00 e. The van der Waals surface area contributed by atoms with E-state index in [0.717, 1.165) is 38.9 Å². The van der Waals surface area contributed by atoms with E-state index in [2.05, 4.69) is 28.8 Å². The van der Waals surface area contributed by atoms with Crippen molar-refractivity contribution in [2.75, 3.05) is 0 Å². The zero-order chi connectivity index (χ0) is 23.8. The maximum absolute atomic E-state index is 13.3. The van der Waals surface area contributed by atoms with Crippen molar-refractivity contribution in [2.45, 2.75) is 13.1 Å². The Bertz CT molecular complexity index is 1670. The summed E-state index contributed by atoms with van der Waals surface area (Å²) >= 11 is 0. The summed E-state index contributed by atoms with van der Waals surface area (Å²) in [5, 5.41) is 1.07. The first-order valence-corrected chi connectivity index (χ1v) is 11.5. The van der Waals surface area contributed by atoms with Gasteiger partial charge >= 0.3 is 0 Å². The minimum atomic E-state index is -0.354. The van der Waals surface area contributed by atoms with Gasteiger partial charge in [0.05, 0.1) is 0 Å². The first-order chi connectivity index (χ1) is 17.2. The van der Waals surface area contributed by atoms with E-state index in [1.54, 1.807) is 0 Å². The summed E-state index contributed by atoms with van der Waals surface area (Å²) in [5.74, 6) is 0.419. The van der Waals surface area contributed by atoms with Crippen LogP contribution in [0.1, 0.15) is 15.9 Å². The van der Waals surface area contributed by atoms with Crippen molar-refractivity contribution in [3.05, 3.63) is 126 Å². The van der Waals surface area contributed by atoms with Crippen LogP contribution in [0.3, 0.4) is 0 Å². The summed E-state index contributed by atoms with van der Waals surface area (Å²) in [6, 6.07) is 31.9. The van der Waals surface area contributed by atoms with E-state index < -0.39 is 0 Å². The number of halogens is 2. The fourth-order valence-electron chi connectivity index (χ4n) is 4.63. The summed E-state index contributed by atoms with van der Waals surface area (Å²) in [5.41, 5.74) is 5.42. The normalized spacial score (nSPS) is 11.0. The SMILES string of the molecule is O=C(Cn1c[n+](Cc2c(-c3ccccc3)oc3ccccc23)c2ccccc21)c1ccc(F)cc1.[Br-]. The number of rotatable bonds is 6. The molecule has 2 heterocycles. The van der Waals surface area contributed by atoms with Crippen molar-refractivity contribution in [2.24, 2.45) is 0 Å². The van der Waals surface area contributed by atoms with Gasteiger partial charge in [-0.15, -0.1) is 0 Å². The minimum Gasteiger partial charge on any atom is -1.00 e. The summed E-state index contributed by atoms with van der Waals surface area (Å²) in [7, 11) is 0. The molecule has 0 N–H and O–H groups in total. The summed E-state index contributed by atoms with van der Waals surface area (Å²) in [6.45, 7) is 0.746. The van der Waals surface area contributed by atoms with E-state index in [1.165, 1.54) is 24.3 Å². The predicted molar refractivity (Wildman–Crippen MR) is 134 cm³/mol. The van der Waals surface area contributed by atoms with Gasteiger partial charge in [-0.1, -0.05) is 60.7 Å². The molecule has 0 fully saturated rings. The molecule has 36 heavy (non-hydrogen) atoms. The molecular formula is C30H22BrFN2O2. The van der Waals surface area contributed by atoms with Gasteiger partial charge in [-0.25, -0.2) is 13.5 Å². The van der Waals surface area contributed by atoms with E-state index in [1.807, 2.05) is 65.5 Å². The summed E-state index contributed by atoms with van der Waals surface area (Å²) in [6.07, 6.45) is 1.97. The lowest BCUT2D eigenvalue weighted by molar-refractivity contribution is -0.662. The lowest BCUT2D eigenvalue weighted by Gasteiger charge is -2.02. The molecule has 0 saturated carbocycles. The number of ketones is 1. The van der Waals surface area contributed by atoms with Crippen molar-refractivity contribution >= 4 is 27.8 Å². The molecule has 0 aliphatic heterocycles. The molecule has 6 heteroatoms. The molecule has 6 rings (SSSR count). The molecule has 6 aromatic rings. The van der Waals surface area contributed by atoms with Crippen LogP contribution >= 0.6 is 0 Å². The second kappa shape index (κ2) is 9.91. The Morgan fingerprint density at radius 1 is 0.833 bits per heavy atom. The molecule has 0 aliphatic carbocycles. The number of furan rings is 1. The zero-order valence-corrected chi connectivity index (χ0v) is 20.9. The molecular weight excluding hydrogens is 519 g/mol. The molecule has 4 aromatic carbocycles. The number of carbonyl (C=O) groups is 1. The molecule has 0 atom stereocenters. The number of aromatic nitrogens is 2. The van der Waals surface area contributed by atoms with Crippen LogP contribution in [0.25, 0.3) is 33.3 Å². The van der Waals surface area contributed by atoms with Crippen LogP contribution in [0.15, 0.2) is 114 Å². The van der Waals surface area contributed by atoms with Crippen LogP contribution in [0.2, 0.25) is 0 Å². The highest BCUT2D eigenvalue weighted by Gasteiger charge is 2.23. The van der Waals surface area contributed by atoms with Crippen LogP contribution in [-0.4, -0.2) is 10.4 Å². The van der Waals surface area contributed by atoms with Gasteiger partial charge in [-0.05, 0) is 42.5 Å². The molecule has 0 radical (unpaired) electrons. The fourth-order valence-corrected chi connectivity index (χ4v) is 4.63. The minimum absolute atomic E-state index is 0. The summed E-state index contributed by atoms with van der Waals surface area (Å²) < 4.78 is 23.7. The van der Waals surface area contributed by atoms with E-state index in [9.17, 15) is 9.18 Å². The molecule has 4 nitrogen and oxygen atoms in total. The molecule has 178 valence electrons. The monoisotopic (exact) mass is 540 g/mol.